The molecule has 104 valence electrons. The molecular weight excluding hydrogens is 265 g/mol. The zero-order valence-corrected chi connectivity index (χ0v) is 12.3. The van der Waals surface area contributed by atoms with Crippen LogP contribution in [-0.4, -0.2) is 11.7 Å². The zero-order valence-electron chi connectivity index (χ0n) is 12.3. The van der Waals surface area contributed by atoms with E-state index < -0.39 is 0 Å². The van der Waals surface area contributed by atoms with Crippen molar-refractivity contribution < 1.29 is 0 Å². The summed E-state index contributed by atoms with van der Waals surface area (Å²) in [5.74, 6) is 4.64. The second-order valence-corrected chi connectivity index (χ2v) is 5.55. The van der Waals surface area contributed by atoms with Gasteiger partial charge in [-0.2, -0.15) is 0 Å². The van der Waals surface area contributed by atoms with Gasteiger partial charge in [-0.1, -0.05) is 72.6 Å². The van der Waals surface area contributed by atoms with Crippen LogP contribution >= 0.6 is 0 Å². The van der Waals surface area contributed by atoms with Crippen LogP contribution < -0.4 is 0 Å². The third-order valence-electron chi connectivity index (χ3n) is 4.11. The fourth-order valence-electron chi connectivity index (χ4n) is 2.93. The molecule has 22 heavy (non-hydrogen) atoms. The Morgan fingerprint density at radius 3 is 1.50 bits per heavy atom. The Balaban J connectivity index is 1.68. The van der Waals surface area contributed by atoms with Crippen LogP contribution in [-0.2, 0) is 0 Å². The predicted octanol–water partition coefficient (Wildman–Crippen LogP) is 4.58. The number of nitrogens with zero attached hydrogens (tertiary/aromatic N) is 1. The minimum Gasteiger partial charge on any atom is -0.390 e. The number of allylic oxidation sites excluding steroid dienone is 4. The van der Waals surface area contributed by atoms with Gasteiger partial charge in [-0.05, 0) is 46.8 Å². The van der Waals surface area contributed by atoms with Crippen molar-refractivity contribution in [3.05, 3.63) is 108 Å². The molecule has 2 heteroatoms. The molecule has 0 bridgehead atoms. The van der Waals surface area contributed by atoms with Crippen LogP contribution in [0, 0.1) is 0 Å². The van der Waals surface area contributed by atoms with Crippen LogP contribution in [0.5, 0.6) is 0 Å². The molecule has 0 atom stereocenters. The fourth-order valence-corrected chi connectivity index (χ4v) is 2.93. The van der Waals surface area contributed by atoms with E-state index in [1.807, 2.05) is 0 Å². The van der Waals surface area contributed by atoms with Crippen LogP contribution in [0.3, 0.4) is 0 Å². The summed E-state index contributed by atoms with van der Waals surface area (Å²) in [6.07, 6.45) is 8.67. The molecule has 0 fully saturated rings. The van der Waals surface area contributed by atoms with Gasteiger partial charge in [0.25, 0.3) is 0 Å². The first-order chi connectivity index (χ1) is 10.9. The van der Waals surface area contributed by atoms with E-state index in [0.29, 0.717) is 0 Å². The second kappa shape index (κ2) is 5.57. The summed E-state index contributed by atoms with van der Waals surface area (Å²) in [5.41, 5.74) is 5.09. The minimum absolute atomic E-state index is 0.278. The molecule has 2 aliphatic rings. The molecule has 0 amide bonds. The molecule has 2 heterocycles. The van der Waals surface area contributed by atoms with Crippen molar-refractivity contribution in [2.24, 2.45) is 0 Å². The van der Waals surface area contributed by atoms with E-state index in [2.05, 4.69) is 102 Å². The quantitative estimate of drug-likeness (QED) is 0.728. The highest BCUT2D eigenvalue weighted by Gasteiger charge is 2.22. The number of fused-ring (bicyclic) bond motifs is 1. The van der Waals surface area contributed by atoms with Crippen LogP contribution in [0.15, 0.2) is 97.2 Å². The average molecular weight is 281 g/mol. The molecule has 2 aliphatic heterocycles. The lowest BCUT2D eigenvalue weighted by atomic mass is 9.55. The van der Waals surface area contributed by atoms with Crippen molar-refractivity contribution in [3.8, 4) is 0 Å². The van der Waals surface area contributed by atoms with Crippen molar-refractivity contribution in [2.45, 2.75) is 0 Å². The fraction of sp³-hybridized carbons (Fsp3) is 0. The van der Waals surface area contributed by atoms with E-state index in [1.165, 1.54) is 22.3 Å². The molecule has 4 rings (SSSR count). The van der Waals surface area contributed by atoms with Gasteiger partial charge >= 0.3 is 6.85 Å². The van der Waals surface area contributed by atoms with Gasteiger partial charge in [0.1, 0.15) is 0 Å². The maximum atomic E-state index is 2.32. The van der Waals surface area contributed by atoms with Crippen molar-refractivity contribution in [2.75, 3.05) is 0 Å². The zero-order chi connectivity index (χ0) is 14.8. The highest BCUT2D eigenvalue weighted by atomic mass is 15.0. The summed E-state index contributed by atoms with van der Waals surface area (Å²) in [6.45, 7) is 0.278. The first-order valence-electron chi connectivity index (χ1n) is 7.58. The van der Waals surface area contributed by atoms with E-state index in [0.717, 1.165) is 0 Å². The van der Waals surface area contributed by atoms with Crippen LogP contribution in [0.1, 0.15) is 11.1 Å². The summed E-state index contributed by atoms with van der Waals surface area (Å²) in [7, 11) is 0. The lowest BCUT2D eigenvalue weighted by Crippen LogP contribution is -2.32. The third-order valence-corrected chi connectivity index (χ3v) is 4.11. The Labute approximate surface area is 131 Å². The molecule has 0 saturated carbocycles. The molecule has 0 radical (unpaired) electrons. The Morgan fingerprint density at radius 2 is 1.05 bits per heavy atom. The van der Waals surface area contributed by atoms with Crippen LogP contribution in [0.25, 0.3) is 11.1 Å². The minimum atomic E-state index is 0.278. The van der Waals surface area contributed by atoms with Crippen molar-refractivity contribution in [1.82, 2.24) is 4.81 Å². The predicted molar refractivity (Wildman–Crippen MR) is 94.7 cm³/mol. The van der Waals surface area contributed by atoms with Gasteiger partial charge < -0.3 is 4.81 Å². The number of hydrogen-bond acceptors (Lipinski definition) is 1. The summed E-state index contributed by atoms with van der Waals surface area (Å²) in [6, 6.07) is 21.1. The molecule has 2 aromatic rings. The number of benzene rings is 2. The summed E-state index contributed by atoms with van der Waals surface area (Å²) in [4.78, 5) is 2.24. The van der Waals surface area contributed by atoms with Crippen molar-refractivity contribution >= 4 is 18.0 Å². The molecule has 0 saturated heterocycles. The topological polar surface area (TPSA) is 3.24 Å². The summed E-state index contributed by atoms with van der Waals surface area (Å²) >= 11 is 0. The highest BCUT2D eigenvalue weighted by Crippen LogP contribution is 2.27. The Hall–Kier alpha value is -2.74. The van der Waals surface area contributed by atoms with Gasteiger partial charge in [0.15, 0.2) is 0 Å². The van der Waals surface area contributed by atoms with E-state index in [4.69, 9.17) is 0 Å². The second-order valence-electron chi connectivity index (χ2n) is 5.55. The Bertz CT molecular complexity index is 717. The average Bonchev–Trinajstić information content (AvgIpc) is 2.62. The summed E-state index contributed by atoms with van der Waals surface area (Å²) in [5, 5.41) is 0. The smallest absolute Gasteiger partial charge is 0.313 e. The molecule has 0 N–H and O–H groups in total. The largest absolute Gasteiger partial charge is 0.390 e. The van der Waals surface area contributed by atoms with Gasteiger partial charge in [0.2, 0.25) is 0 Å². The van der Waals surface area contributed by atoms with Gasteiger partial charge in [0.05, 0.1) is 0 Å². The standard InChI is InChI=1S/C20H16BN/c1-3-7-17(8-4-1)19-11-13-22-14-12-20(16-21(22)15-19)18-9-5-2-6-10-18/h1-16H. The van der Waals surface area contributed by atoms with Crippen molar-refractivity contribution in [3.63, 3.8) is 0 Å². The highest BCUT2D eigenvalue weighted by molar-refractivity contribution is 6.70. The SMILES string of the molecule is C1=CN2C=CC(c3ccccc3)=CB2C=C1c1ccccc1. The van der Waals surface area contributed by atoms with E-state index in [1.54, 1.807) is 0 Å². The lowest BCUT2D eigenvalue weighted by molar-refractivity contribution is 0.793. The maximum absolute atomic E-state index is 2.32. The third kappa shape index (κ3) is 2.44. The van der Waals surface area contributed by atoms with E-state index in [9.17, 15) is 0 Å². The molecule has 2 aromatic carbocycles. The van der Waals surface area contributed by atoms with Gasteiger partial charge in [0, 0.05) is 0 Å². The molecule has 0 unspecified atom stereocenters. The van der Waals surface area contributed by atoms with E-state index in [-0.39, 0.29) is 6.85 Å². The summed E-state index contributed by atoms with van der Waals surface area (Å²) < 4.78 is 0. The Kier molecular flexibility index (Phi) is 3.28. The molecule has 1 nitrogen and oxygen atoms in total. The number of hydrogen-bond donors (Lipinski definition) is 0. The van der Waals surface area contributed by atoms with E-state index >= 15 is 0 Å². The van der Waals surface area contributed by atoms with Gasteiger partial charge in [-0.3, -0.25) is 0 Å². The van der Waals surface area contributed by atoms with Gasteiger partial charge in [-0.15, -0.1) is 0 Å². The number of rotatable bonds is 2. The Morgan fingerprint density at radius 1 is 0.591 bits per heavy atom. The molecule has 0 spiro atoms. The normalized spacial score (nSPS) is 16.2. The lowest BCUT2D eigenvalue weighted by Gasteiger charge is -2.28. The molecule has 0 aliphatic carbocycles. The van der Waals surface area contributed by atoms with Crippen molar-refractivity contribution in [1.29, 1.82) is 0 Å². The van der Waals surface area contributed by atoms with Gasteiger partial charge in [-0.25, -0.2) is 0 Å². The van der Waals surface area contributed by atoms with Crippen LogP contribution in [0.2, 0.25) is 0 Å². The first kappa shape index (κ1) is 13.0. The molecule has 0 aromatic heterocycles. The van der Waals surface area contributed by atoms with Crippen LogP contribution in [0.4, 0.5) is 0 Å². The monoisotopic (exact) mass is 281 g/mol. The molecular formula is C20H16BN. The first-order valence-corrected chi connectivity index (χ1v) is 7.58. The maximum Gasteiger partial charge on any atom is 0.313 e.